The van der Waals surface area contributed by atoms with Crippen molar-refractivity contribution in [3.8, 4) is 0 Å². The Morgan fingerprint density at radius 2 is 2.07 bits per heavy atom. The molecule has 0 aliphatic heterocycles. The van der Waals surface area contributed by atoms with Crippen LogP contribution in [0.5, 0.6) is 0 Å². The summed E-state index contributed by atoms with van der Waals surface area (Å²) in [5.74, 6) is 0. The molecule has 5 nitrogen and oxygen atoms in total. The molecule has 80 valence electrons. The van der Waals surface area contributed by atoms with Crippen LogP contribution in [0.15, 0.2) is 28.8 Å². The highest BCUT2D eigenvalue weighted by Crippen LogP contribution is 2.26. The zero-order valence-corrected chi connectivity index (χ0v) is 8.86. The molecule has 0 amide bonds. The third-order valence-corrected chi connectivity index (χ3v) is 3.49. The minimum absolute atomic E-state index is 0.355. The van der Waals surface area contributed by atoms with Gasteiger partial charge in [0.25, 0.3) is 0 Å². The van der Waals surface area contributed by atoms with Gasteiger partial charge in [0.1, 0.15) is 10.9 Å². The van der Waals surface area contributed by atoms with E-state index in [0.717, 1.165) is 0 Å². The Labute approximate surface area is 86.9 Å². The molecule has 0 unspecified atom stereocenters. The van der Waals surface area contributed by atoms with Crippen LogP contribution in [0.1, 0.15) is 17.9 Å². The van der Waals surface area contributed by atoms with Crippen molar-refractivity contribution in [3.63, 3.8) is 0 Å². The van der Waals surface area contributed by atoms with E-state index in [1.807, 2.05) is 0 Å². The second-order valence-electron chi connectivity index (χ2n) is 3.30. The van der Waals surface area contributed by atoms with Gasteiger partial charge in [-0.3, -0.25) is 0 Å². The van der Waals surface area contributed by atoms with E-state index in [0.29, 0.717) is 16.7 Å². The first-order chi connectivity index (χ1) is 7.00. The summed E-state index contributed by atoms with van der Waals surface area (Å²) in [7, 11) is -3.64. The Morgan fingerprint density at radius 1 is 1.40 bits per heavy atom. The first-order valence-corrected chi connectivity index (χ1v) is 5.97. The number of nitrogens with two attached hydrogens (primary N) is 1. The van der Waals surface area contributed by atoms with Crippen LogP contribution in [0.4, 0.5) is 0 Å². The summed E-state index contributed by atoms with van der Waals surface area (Å²) < 4.78 is 27.3. The van der Waals surface area contributed by atoms with E-state index in [4.69, 9.17) is 9.66 Å². The Kier molecular flexibility index (Phi) is 2.24. The number of nitrogens with zero attached hydrogens (tertiary/aromatic N) is 1. The second-order valence-corrected chi connectivity index (χ2v) is 5.18. The lowest BCUT2D eigenvalue weighted by molar-refractivity contribution is 0.444. The number of aromatic nitrogens is 1. The molecule has 0 aliphatic rings. The Balaban J connectivity index is 2.63. The van der Waals surface area contributed by atoms with Gasteiger partial charge in [-0.1, -0.05) is 17.3 Å². The standard InChI is InChI=1S/C9H10N2O3S/c1-6(15(10,12)13)9-7-4-2-3-5-8(7)14-11-9/h2-6H,1H3,(H2,10,12,13)/t6-/m0/s1. The smallest absolute Gasteiger partial charge is 0.217 e. The predicted octanol–water partition coefficient (Wildman–Crippen LogP) is 1.18. The highest BCUT2D eigenvalue weighted by Gasteiger charge is 2.23. The Hall–Kier alpha value is -1.40. The number of sulfonamides is 1. The largest absolute Gasteiger partial charge is 0.356 e. The van der Waals surface area contributed by atoms with E-state index in [1.165, 1.54) is 6.92 Å². The quantitative estimate of drug-likeness (QED) is 0.832. The van der Waals surface area contributed by atoms with E-state index in [2.05, 4.69) is 5.16 Å². The average Bonchev–Trinajstić information content (AvgIpc) is 2.58. The van der Waals surface area contributed by atoms with Gasteiger partial charge >= 0.3 is 0 Å². The fraction of sp³-hybridized carbons (Fsp3) is 0.222. The van der Waals surface area contributed by atoms with E-state index in [9.17, 15) is 8.42 Å². The van der Waals surface area contributed by atoms with Crippen molar-refractivity contribution in [1.82, 2.24) is 5.16 Å². The van der Waals surface area contributed by atoms with Gasteiger partial charge in [0.15, 0.2) is 5.58 Å². The minimum Gasteiger partial charge on any atom is -0.356 e. The van der Waals surface area contributed by atoms with Crippen molar-refractivity contribution in [2.45, 2.75) is 12.2 Å². The lowest BCUT2D eigenvalue weighted by atomic mass is 10.2. The summed E-state index contributed by atoms with van der Waals surface area (Å²) in [5, 5.41) is 8.60. The summed E-state index contributed by atoms with van der Waals surface area (Å²) in [6.45, 7) is 1.49. The minimum atomic E-state index is -3.64. The molecule has 1 heterocycles. The zero-order valence-electron chi connectivity index (χ0n) is 8.04. The predicted molar refractivity (Wildman–Crippen MR) is 55.5 cm³/mol. The molecule has 0 radical (unpaired) electrons. The van der Waals surface area contributed by atoms with E-state index < -0.39 is 15.3 Å². The van der Waals surface area contributed by atoms with Gasteiger partial charge in [-0.2, -0.15) is 0 Å². The van der Waals surface area contributed by atoms with Crippen molar-refractivity contribution in [3.05, 3.63) is 30.0 Å². The van der Waals surface area contributed by atoms with Crippen molar-refractivity contribution in [2.75, 3.05) is 0 Å². The molecule has 0 spiro atoms. The highest BCUT2D eigenvalue weighted by molar-refractivity contribution is 7.89. The van der Waals surface area contributed by atoms with Crippen molar-refractivity contribution < 1.29 is 12.9 Å². The summed E-state index contributed by atoms with van der Waals surface area (Å²) in [5.41, 5.74) is 0.913. The van der Waals surface area contributed by atoms with Crippen molar-refractivity contribution >= 4 is 21.0 Å². The van der Waals surface area contributed by atoms with Crippen LogP contribution in [0.25, 0.3) is 11.0 Å². The molecule has 2 aromatic rings. The van der Waals surface area contributed by atoms with Crippen LogP contribution in [-0.4, -0.2) is 13.6 Å². The van der Waals surface area contributed by atoms with Gasteiger partial charge in [0.2, 0.25) is 10.0 Å². The maximum absolute atomic E-state index is 11.2. The second kappa shape index (κ2) is 3.32. The molecule has 1 atom stereocenters. The molecule has 2 N–H and O–H groups in total. The molecule has 1 aromatic carbocycles. The number of hydrogen-bond acceptors (Lipinski definition) is 4. The molecule has 15 heavy (non-hydrogen) atoms. The van der Waals surface area contributed by atoms with E-state index in [1.54, 1.807) is 24.3 Å². The molecular weight excluding hydrogens is 216 g/mol. The van der Waals surface area contributed by atoms with Gasteiger partial charge in [-0.25, -0.2) is 13.6 Å². The number of primary sulfonamides is 1. The molecule has 0 fully saturated rings. The first kappa shape index (κ1) is 10.1. The highest BCUT2D eigenvalue weighted by atomic mass is 32.2. The van der Waals surface area contributed by atoms with Gasteiger partial charge < -0.3 is 4.52 Å². The number of benzene rings is 1. The first-order valence-electron chi connectivity index (χ1n) is 4.36. The zero-order chi connectivity index (χ0) is 11.1. The SMILES string of the molecule is C[C@@H](c1noc2ccccc12)S(N)(=O)=O. The molecule has 0 saturated carbocycles. The van der Waals surface area contributed by atoms with Crippen LogP contribution in [0.3, 0.4) is 0 Å². The lowest BCUT2D eigenvalue weighted by Crippen LogP contribution is -2.19. The summed E-state index contributed by atoms with van der Waals surface area (Å²) in [6, 6.07) is 7.06. The molecule has 6 heteroatoms. The molecule has 1 aromatic heterocycles. The summed E-state index contributed by atoms with van der Waals surface area (Å²) in [6.07, 6.45) is 0. The van der Waals surface area contributed by atoms with Gasteiger partial charge in [-0.15, -0.1) is 0 Å². The monoisotopic (exact) mass is 226 g/mol. The number of para-hydroxylation sites is 1. The third kappa shape index (κ3) is 1.73. The van der Waals surface area contributed by atoms with Gasteiger partial charge in [0, 0.05) is 5.39 Å². The number of fused-ring (bicyclic) bond motifs is 1. The van der Waals surface area contributed by atoms with Gasteiger partial charge in [0.05, 0.1) is 0 Å². The maximum atomic E-state index is 11.2. The molecular formula is C9H10N2O3S. The summed E-state index contributed by atoms with van der Waals surface area (Å²) >= 11 is 0. The fourth-order valence-electron chi connectivity index (χ4n) is 1.35. The molecule has 2 rings (SSSR count). The van der Waals surface area contributed by atoms with Crippen molar-refractivity contribution in [2.24, 2.45) is 5.14 Å². The maximum Gasteiger partial charge on any atom is 0.217 e. The van der Waals surface area contributed by atoms with Gasteiger partial charge in [-0.05, 0) is 19.1 Å². The number of hydrogen-bond donors (Lipinski definition) is 1. The lowest BCUT2D eigenvalue weighted by Gasteiger charge is -2.04. The van der Waals surface area contributed by atoms with E-state index in [-0.39, 0.29) is 0 Å². The third-order valence-electron chi connectivity index (χ3n) is 2.28. The van der Waals surface area contributed by atoms with Crippen LogP contribution in [0, 0.1) is 0 Å². The normalized spacial score (nSPS) is 14.3. The Morgan fingerprint density at radius 3 is 2.73 bits per heavy atom. The van der Waals surface area contributed by atoms with Crippen LogP contribution >= 0.6 is 0 Å². The van der Waals surface area contributed by atoms with Crippen molar-refractivity contribution in [1.29, 1.82) is 0 Å². The van der Waals surface area contributed by atoms with Crippen LogP contribution < -0.4 is 5.14 Å². The fourth-order valence-corrected chi connectivity index (χ4v) is 1.84. The molecule has 0 aliphatic carbocycles. The number of rotatable bonds is 2. The van der Waals surface area contributed by atoms with Crippen LogP contribution in [-0.2, 0) is 10.0 Å². The van der Waals surface area contributed by atoms with Crippen LogP contribution in [0.2, 0.25) is 0 Å². The van der Waals surface area contributed by atoms with E-state index >= 15 is 0 Å². The topological polar surface area (TPSA) is 86.2 Å². The Bertz CT molecular complexity index is 588. The average molecular weight is 226 g/mol. The molecule has 0 saturated heterocycles. The summed E-state index contributed by atoms with van der Waals surface area (Å²) in [4.78, 5) is 0. The molecule has 0 bridgehead atoms.